The number of fused-ring (bicyclic) bond motifs is 1. The van der Waals surface area contributed by atoms with Crippen LogP contribution in [0.15, 0.2) is 47.6 Å². The van der Waals surface area contributed by atoms with Crippen molar-refractivity contribution in [2.75, 3.05) is 0 Å². The van der Waals surface area contributed by atoms with Gasteiger partial charge in [-0.25, -0.2) is 0 Å². The molecule has 0 N–H and O–H groups in total. The van der Waals surface area contributed by atoms with E-state index < -0.39 is 8.32 Å². The molecule has 3 fully saturated rings. The molecule has 1 nitrogen and oxygen atoms in total. The summed E-state index contributed by atoms with van der Waals surface area (Å²) in [7, 11) is -1.92. The summed E-state index contributed by atoms with van der Waals surface area (Å²) in [4.78, 5) is 0. The van der Waals surface area contributed by atoms with Crippen molar-refractivity contribution in [3.8, 4) is 0 Å². The predicted molar refractivity (Wildman–Crippen MR) is 171 cm³/mol. The van der Waals surface area contributed by atoms with Gasteiger partial charge in [-0.3, -0.25) is 0 Å². The lowest BCUT2D eigenvalue weighted by Gasteiger charge is -2.44. The molecule has 0 radical (unpaired) electrons. The molecule has 0 bridgehead atoms. The maximum Gasteiger partial charge on any atom is 0.193 e. The first kappa shape index (κ1) is 31.7. The van der Waals surface area contributed by atoms with Crippen LogP contribution >= 0.6 is 0 Å². The Morgan fingerprint density at radius 3 is 2.34 bits per heavy atom. The molecule has 3 saturated carbocycles. The minimum absolute atomic E-state index is 0.0364. The van der Waals surface area contributed by atoms with Gasteiger partial charge in [0.05, 0.1) is 6.10 Å². The zero-order valence-electron chi connectivity index (χ0n) is 27.2. The van der Waals surface area contributed by atoms with Crippen LogP contribution < -0.4 is 0 Å². The second-order valence-corrected chi connectivity index (χ2v) is 21.2. The summed E-state index contributed by atoms with van der Waals surface area (Å²) in [6.45, 7) is 35.4. The van der Waals surface area contributed by atoms with Crippen molar-refractivity contribution < 1.29 is 4.43 Å². The molecule has 216 valence electrons. The van der Waals surface area contributed by atoms with Crippen LogP contribution in [-0.2, 0) is 4.43 Å². The second kappa shape index (κ2) is 11.6. The molecule has 0 aromatic heterocycles. The summed E-state index contributed by atoms with van der Waals surface area (Å²) in [6, 6.07) is 0. The largest absolute Gasteiger partial charge is 0.406 e. The van der Waals surface area contributed by atoms with Gasteiger partial charge in [0.15, 0.2) is 8.32 Å². The van der Waals surface area contributed by atoms with Crippen LogP contribution in [0.25, 0.3) is 0 Å². The monoisotopic (exact) mass is 538 g/mol. The lowest BCUT2D eigenvalue weighted by Crippen LogP contribution is -2.46. The van der Waals surface area contributed by atoms with Crippen LogP contribution in [0.2, 0.25) is 18.1 Å². The summed E-state index contributed by atoms with van der Waals surface area (Å²) in [5.41, 5.74) is 6.40. The standard InChI is InChI=1S/C36H62OSi/c1-25(16-14-22-34(5,6)7)31-20-21-32-29(17-15-23-36(31,32)11)18-19-30-24-26(2)27(3)33(28(30)4)37-38(12,13)35(8,9)10/h18-19,25-26,31-33H,3-4,14-17,20-24H2,1-2,5-13H3/b29-18+,30-19-/t25?,26-,31-,32+,33+,36-/m1/s1. The molecule has 3 aliphatic carbocycles. The lowest BCUT2D eigenvalue weighted by atomic mass is 9.60. The summed E-state index contributed by atoms with van der Waals surface area (Å²) < 4.78 is 6.92. The highest BCUT2D eigenvalue weighted by molar-refractivity contribution is 6.74. The van der Waals surface area contributed by atoms with Crippen LogP contribution in [0.3, 0.4) is 0 Å². The van der Waals surface area contributed by atoms with Gasteiger partial charge in [0.25, 0.3) is 0 Å². The maximum absolute atomic E-state index is 6.92. The molecule has 3 rings (SSSR count). The van der Waals surface area contributed by atoms with Gasteiger partial charge in [-0.15, -0.1) is 0 Å². The van der Waals surface area contributed by atoms with E-state index in [4.69, 9.17) is 4.43 Å². The van der Waals surface area contributed by atoms with Crippen molar-refractivity contribution in [1.29, 1.82) is 0 Å². The predicted octanol–water partition coefficient (Wildman–Crippen LogP) is 11.5. The number of allylic oxidation sites excluding steroid dienone is 3. The van der Waals surface area contributed by atoms with Gasteiger partial charge in [-0.05, 0) is 114 Å². The Balaban J connectivity index is 1.77. The highest BCUT2D eigenvalue weighted by atomic mass is 28.4. The van der Waals surface area contributed by atoms with Crippen LogP contribution in [0.1, 0.15) is 120 Å². The molecule has 0 aromatic rings. The third-order valence-corrected chi connectivity index (χ3v) is 15.7. The molecule has 2 heteroatoms. The minimum atomic E-state index is -1.92. The highest BCUT2D eigenvalue weighted by Crippen LogP contribution is 2.60. The molecule has 0 spiro atoms. The van der Waals surface area contributed by atoms with Gasteiger partial charge < -0.3 is 4.43 Å². The summed E-state index contributed by atoms with van der Waals surface area (Å²) in [5, 5.41) is 0.176. The van der Waals surface area contributed by atoms with E-state index in [0.29, 0.717) is 16.7 Å². The van der Waals surface area contributed by atoms with Crippen molar-refractivity contribution in [1.82, 2.24) is 0 Å². The Morgan fingerprint density at radius 1 is 1.08 bits per heavy atom. The fraction of sp³-hybridized carbons (Fsp3) is 0.778. The molecule has 38 heavy (non-hydrogen) atoms. The van der Waals surface area contributed by atoms with E-state index in [1.807, 2.05) is 0 Å². The van der Waals surface area contributed by atoms with Crippen molar-refractivity contribution >= 4 is 8.32 Å². The number of hydrogen-bond donors (Lipinski definition) is 0. The van der Waals surface area contributed by atoms with Gasteiger partial charge in [0.2, 0.25) is 0 Å². The normalized spacial score (nSPS) is 34.2. The quantitative estimate of drug-likeness (QED) is 0.231. The van der Waals surface area contributed by atoms with Gasteiger partial charge in [0.1, 0.15) is 0 Å². The SMILES string of the molecule is C=C1/C(=C\C=C2/CCC[C@]3(C)[C@@H](C(C)CCCC(C)(C)C)CC[C@@H]23)C[C@@H](C)C(=C)[C@@H]1O[Si](C)(C)C(C)(C)C. The molecule has 3 aliphatic rings. The van der Waals surface area contributed by atoms with Crippen molar-refractivity contribution in [2.24, 2.45) is 34.5 Å². The van der Waals surface area contributed by atoms with Crippen molar-refractivity contribution in [2.45, 2.75) is 144 Å². The second-order valence-electron chi connectivity index (χ2n) is 16.4. The molecule has 0 aromatic carbocycles. The summed E-state index contributed by atoms with van der Waals surface area (Å²) in [5.74, 6) is 2.90. The van der Waals surface area contributed by atoms with Crippen LogP contribution in [0.4, 0.5) is 0 Å². The first-order valence-electron chi connectivity index (χ1n) is 15.8. The molecular weight excluding hydrogens is 476 g/mol. The van der Waals surface area contributed by atoms with E-state index in [9.17, 15) is 0 Å². The van der Waals surface area contributed by atoms with Gasteiger partial charge in [-0.2, -0.15) is 0 Å². The molecule has 0 heterocycles. The van der Waals surface area contributed by atoms with Gasteiger partial charge in [-0.1, -0.05) is 106 Å². The molecule has 0 amide bonds. The van der Waals surface area contributed by atoms with E-state index >= 15 is 0 Å². The molecular formula is C36H62OSi. The molecule has 1 unspecified atom stereocenters. The molecule has 0 saturated heterocycles. The van der Waals surface area contributed by atoms with E-state index in [0.717, 1.165) is 29.7 Å². The number of hydrogen-bond acceptors (Lipinski definition) is 1. The Labute approximate surface area is 238 Å². The van der Waals surface area contributed by atoms with Crippen molar-refractivity contribution in [3.05, 3.63) is 47.6 Å². The summed E-state index contributed by atoms with van der Waals surface area (Å²) in [6.07, 6.45) is 16.9. The zero-order valence-corrected chi connectivity index (χ0v) is 28.2. The average molecular weight is 539 g/mol. The Kier molecular flexibility index (Phi) is 9.63. The lowest BCUT2D eigenvalue weighted by molar-refractivity contribution is 0.0920. The number of rotatable bonds is 7. The molecule has 6 atom stereocenters. The molecule has 0 aliphatic heterocycles. The van der Waals surface area contributed by atoms with Crippen molar-refractivity contribution in [3.63, 3.8) is 0 Å². The van der Waals surface area contributed by atoms with E-state index in [-0.39, 0.29) is 11.1 Å². The third-order valence-electron chi connectivity index (χ3n) is 11.3. The van der Waals surface area contributed by atoms with Crippen LogP contribution in [0, 0.1) is 34.5 Å². The van der Waals surface area contributed by atoms with Gasteiger partial charge >= 0.3 is 0 Å². The fourth-order valence-electron chi connectivity index (χ4n) is 7.61. The Morgan fingerprint density at radius 2 is 1.74 bits per heavy atom. The fourth-order valence-corrected chi connectivity index (χ4v) is 8.85. The maximum atomic E-state index is 6.92. The van der Waals surface area contributed by atoms with E-state index in [1.54, 1.807) is 5.57 Å². The Bertz CT molecular complexity index is 935. The summed E-state index contributed by atoms with van der Waals surface area (Å²) >= 11 is 0. The first-order chi connectivity index (χ1) is 17.4. The van der Waals surface area contributed by atoms with E-state index in [1.165, 1.54) is 62.5 Å². The average Bonchev–Trinajstić information content (AvgIpc) is 3.14. The smallest absolute Gasteiger partial charge is 0.193 e. The Hall–Kier alpha value is -0.863. The minimum Gasteiger partial charge on any atom is -0.406 e. The van der Waals surface area contributed by atoms with E-state index in [2.05, 4.69) is 101 Å². The van der Waals surface area contributed by atoms with Gasteiger partial charge in [0, 0.05) is 0 Å². The third kappa shape index (κ3) is 6.88. The highest BCUT2D eigenvalue weighted by Gasteiger charge is 2.50. The zero-order chi connectivity index (χ0) is 28.7. The van der Waals surface area contributed by atoms with Crippen LogP contribution in [-0.4, -0.2) is 14.4 Å². The topological polar surface area (TPSA) is 9.23 Å². The van der Waals surface area contributed by atoms with Crippen LogP contribution in [0.5, 0.6) is 0 Å². The first-order valence-corrected chi connectivity index (χ1v) is 18.7.